The Labute approximate surface area is 141 Å². The second-order valence-corrected chi connectivity index (χ2v) is 7.25. The Morgan fingerprint density at radius 1 is 1.35 bits per heavy atom. The maximum Gasteiger partial charge on any atom is 0.230 e. The molecular formula is C18H23N3OS. The summed E-state index contributed by atoms with van der Waals surface area (Å²) in [6.07, 6.45) is 7.22. The number of amides is 1. The number of rotatable bonds is 8. The summed E-state index contributed by atoms with van der Waals surface area (Å²) in [5, 5.41) is 3.11. The summed E-state index contributed by atoms with van der Waals surface area (Å²) in [6.45, 7) is 3.85. The van der Waals surface area contributed by atoms with Gasteiger partial charge in [-0.25, -0.2) is 4.98 Å². The molecule has 1 heterocycles. The quantitative estimate of drug-likeness (QED) is 0.757. The maximum atomic E-state index is 12.1. The van der Waals surface area contributed by atoms with Gasteiger partial charge in [0.1, 0.15) is 5.82 Å². The van der Waals surface area contributed by atoms with Crippen LogP contribution in [0.1, 0.15) is 25.6 Å². The van der Waals surface area contributed by atoms with Crippen LogP contribution < -0.4 is 5.32 Å². The predicted molar refractivity (Wildman–Crippen MR) is 93.4 cm³/mol. The van der Waals surface area contributed by atoms with Gasteiger partial charge in [0, 0.05) is 42.2 Å². The maximum absolute atomic E-state index is 12.1. The minimum absolute atomic E-state index is 0.117. The highest BCUT2D eigenvalue weighted by atomic mass is 32.2. The minimum atomic E-state index is 0.117. The predicted octanol–water partition coefficient (Wildman–Crippen LogP) is 3.13. The molecule has 5 heteroatoms. The van der Waals surface area contributed by atoms with Gasteiger partial charge in [0.15, 0.2) is 0 Å². The Kier molecular flexibility index (Phi) is 5.06. The first-order valence-electron chi connectivity index (χ1n) is 8.15. The van der Waals surface area contributed by atoms with E-state index in [0.29, 0.717) is 5.75 Å². The molecule has 0 aliphatic heterocycles. The van der Waals surface area contributed by atoms with Crippen molar-refractivity contribution in [3.05, 3.63) is 48.5 Å². The summed E-state index contributed by atoms with van der Waals surface area (Å²) in [7, 11) is 0. The third kappa shape index (κ3) is 4.38. The number of benzene rings is 1. The average Bonchev–Trinajstić information content (AvgIpc) is 3.20. The van der Waals surface area contributed by atoms with Gasteiger partial charge in [-0.3, -0.25) is 4.79 Å². The zero-order valence-corrected chi connectivity index (χ0v) is 14.3. The van der Waals surface area contributed by atoms with Crippen LogP contribution in [0.3, 0.4) is 0 Å². The van der Waals surface area contributed by atoms with Gasteiger partial charge in [0.05, 0.1) is 5.75 Å². The number of hydrogen-bond acceptors (Lipinski definition) is 3. The van der Waals surface area contributed by atoms with E-state index in [0.717, 1.165) is 30.2 Å². The van der Waals surface area contributed by atoms with E-state index in [1.807, 2.05) is 42.7 Å². The van der Waals surface area contributed by atoms with Gasteiger partial charge in [-0.15, -0.1) is 11.8 Å². The largest absolute Gasteiger partial charge is 0.355 e. The van der Waals surface area contributed by atoms with Gasteiger partial charge < -0.3 is 9.88 Å². The Hall–Kier alpha value is -1.75. The average molecular weight is 329 g/mol. The van der Waals surface area contributed by atoms with E-state index in [2.05, 4.69) is 21.8 Å². The van der Waals surface area contributed by atoms with Crippen molar-refractivity contribution in [1.82, 2.24) is 14.9 Å². The van der Waals surface area contributed by atoms with E-state index < -0.39 is 0 Å². The van der Waals surface area contributed by atoms with Crippen LogP contribution in [0.25, 0.3) is 0 Å². The van der Waals surface area contributed by atoms with Crippen molar-refractivity contribution in [3.8, 4) is 0 Å². The van der Waals surface area contributed by atoms with Gasteiger partial charge in [0.2, 0.25) is 5.91 Å². The van der Waals surface area contributed by atoms with Crippen molar-refractivity contribution in [3.63, 3.8) is 0 Å². The second kappa shape index (κ2) is 7.21. The number of aromatic nitrogens is 2. The lowest BCUT2D eigenvalue weighted by Gasteiger charge is -2.18. The summed E-state index contributed by atoms with van der Waals surface area (Å²) < 4.78 is 2.23. The van der Waals surface area contributed by atoms with Crippen LogP contribution >= 0.6 is 11.8 Å². The van der Waals surface area contributed by atoms with Crippen LogP contribution in [0.4, 0.5) is 0 Å². The summed E-state index contributed by atoms with van der Waals surface area (Å²) in [5.41, 5.74) is 0.234. The molecule has 0 atom stereocenters. The monoisotopic (exact) mass is 329 g/mol. The molecule has 1 fully saturated rings. The molecule has 0 spiro atoms. The molecule has 1 aromatic carbocycles. The highest BCUT2D eigenvalue weighted by Crippen LogP contribution is 2.46. The smallest absolute Gasteiger partial charge is 0.230 e. The van der Waals surface area contributed by atoms with Gasteiger partial charge in [-0.2, -0.15) is 0 Å². The molecule has 4 nitrogen and oxygen atoms in total. The normalized spacial score (nSPS) is 15.3. The van der Waals surface area contributed by atoms with E-state index in [-0.39, 0.29) is 11.3 Å². The third-order valence-electron chi connectivity index (χ3n) is 4.35. The SMILES string of the molecule is CCc1nccn1CC1(CNC(=O)CSc2ccccc2)CC1. The first kappa shape index (κ1) is 16.1. The first-order chi connectivity index (χ1) is 11.2. The molecule has 0 unspecified atom stereocenters. The lowest BCUT2D eigenvalue weighted by molar-refractivity contribution is -0.118. The van der Waals surface area contributed by atoms with Gasteiger partial charge in [-0.1, -0.05) is 25.1 Å². The van der Waals surface area contributed by atoms with Crippen LogP contribution in [-0.2, 0) is 17.8 Å². The zero-order valence-electron chi connectivity index (χ0n) is 13.5. The standard InChI is InChI=1S/C18H23N3OS/c1-2-16-19-10-11-21(16)14-18(8-9-18)13-20-17(22)12-23-15-6-4-3-5-7-15/h3-7,10-11H,2,8-9,12-14H2,1H3,(H,20,22). The molecule has 3 rings (SSSR count). The summed E-state index contributed by atoms with van der Waals surface area (Å²) >= 11 is 1.58. The first-order valence-corrected chi connectivity index (χ1v) is 9.14. The van der Waals surface area contributed by atoms with Crippen molar-refractivity contribution >= 4 is 17.7 Å². The second-order valence-electron chi connectivity index (χ2n) is 6.20. The fourth-order valence-corrected chi connectivity index (χ4v) is 3.48. The van der Waals surface area contributed by atoms with E-state index >= 15 is 0 Å². The summed E-state index contributed by atoms with van der Waals surface area (Å²) in [5.74, 6) is 1.72. The zero-order chi connectivity index (χ0) is 16.1. The minimum Gasteiger partial charge on any atom is -0.355 e. The number of carbonyl (C=O) groups is 1. The number of carbonyl (C=O) groups excluding carboxylic acids is 1. The van der Waals surface area contributed by atoms with Gasteiger partial charge in [0.25, 0.3) is 0 Å². The van der Waals surface area contributed by atoms with Crippen LogP contribution in [-0.4, -0.2) is 27.8 Å². The van der Waals surface area contributed by atoms with Crippen molar-refractivity contribution in [1.29, 1.82) is 0 Å². The molecular weight excluding hydrogens is 306 g/mol. The fraction of sp³-hybridized carbons (Fsp3) is 0.444. The number of imidazole rings is 1. The van der Waals surface area contributed by atoms with Gasteiger partial charge in [-0.05, 0) is 25.0 Å². The molecule has 0 bridgehead atoms. The lowest BCUT2D eigenvalue weighted by atomic mass is 10.1. The molecule has 0 saturated heterocycles. The number of nitrogens with one attached hydrogen (secondary N) is 1. The molecule has 23 heavy (non-hydrogen) atoms. The summed E-state index contributed by atoms with van der Waals surface area (Å²) in [6, 6.07) is 10.0. The molecule has 1 aromatic heterocycles. The van der Waals surface area contributed by atoms with E-state index in [1.165, 1.54) is 12.8 Å². The van der Waals surface area contributed by atoms with E-state index in [4.69, 9.17) is 0 Å². The topological polar surface area (TPSA) is 46.9 Å². The Morgan fingerprint density at radius 3 is 2.83 bits per heavy atom. The molecule has 0 radical (unpaired) electrons. The van der Waals surface area contributed by atoms with Crippen molar-refractivity contribution < 1.29 is 4.79 Å². The molecule has 1 aliphatic rings. The molecule has 1 N–H and O–H groups in total. The van der Waals surface area contributed by atoms with Crippen LogP contribution in [0, 0.1) is 5.41 Å². The van der Waals surface area contributed by atoms with Crippen LogP contribution in [0.15, 0.2) is 47.6 Å². The fourth-order valence-electron chi connectivity index (χ4n) is 2.73. The Morgan fingerprint density at radius 2 is 2.13 bits per heavy atom. The third-order valence-corrected chi connectivity index (χ3v) is 5.37. The molecule has 2 aromatic rings. The molecule has 122 valence electrons. The molecule has 1 saturated carbocycles. The molecule has 1 amide bonds. The van der Waals surface area contributed by atoms with E-state index in [9.17, 15) is 4.79 Å². The van der Waals surface area contributed by atoms with Crippen molar-refractivity contribution in [2.75, 3.05) is 12.3 Å². The Balaban J connectivity index is 1.45. The number of hydrogen-bond donors (Lipinski definition) is 1. The van der Waals surface area contributed by atoms with Crippen LogP contribution in [0.5, 0.6) is 0 Å². The highest BCUT2D eigenvalue weighted by molar-refractivity contribution is 8.00. The Bertz CT molecular complexity index is 649. The highest BCUT2D eigenvalue weighted by Gasteiger charge is 2.43. The van der Waals surface area contributed by atoms with Crippen LogP contribution in [0.2, 0.25) is 0 Å². The number of nitrogens with zero attached hydrogens (tertiary/aromatic N) is 2. The van der Waals surface area contributed by atoms with Crippen molar-refractivity contribution in [2.45, 2.75) is 37.6 Å². The number of thioether (sulfide) groups is 1. The molecule has 1 aliphatic carbocycles. The summed E-state index contributed by atoms with van der Waals surface area (Å²) in [4.78, 5) is 17.6. The number of aryl methyl sites for hydroxylation is 1. The van der Waals surface area contributed by atoms with Gasteiger partial charge >= 0.3 is 0 Å². The van der Waals surface area contributed by atoms with Crippen molar-refractivity contribution in [2.24, 2.45) is 5.41 Å². The lowest BCUT2D eigenvalue weighted by Crippen LogP contribution is -2.33. The van der Waals surface area contributed by atoms with E-state index in [1.54, 1.807) is 11.8 Å².